The summed E-state index contributed by atoms with van der Waals surface area (Å²) in [5, 5.41) is 5.31. The molecule has 2 N–H and O–H groups in total. The van der Waals surface area contributed by atoms with Gasteiger partial charge in [-0.1, -0.05) is 210 Å². The number of allylic oxidation sites excluding steroid dienone is 4. The molecule has 8 aromatic carbocycles. The summed E-state index contributed by atoms with van der Waals surface area (Å²) < 4.78 is 0. The molecule has 0 aliphatic heterocycles. The first-order valence-electron chi connectivity index (χ1n) is 22.5. The van der Waals surface area contributed by atoms with Crippen molar-refractivity contribution < 1.29 is 0 Å². The van der Waals surface area contributed by atoms with E-state index in [4.69, 9.17) is 5.73 Å². The van der Waals surface area contributed by atoms with Gasteiger partial charge in [-0.2, -0.15) is 0 Å². The van der Waals surface area contributed by atoms with Gasteiger partial charge in [-0.3, -0.25) is 0 Å². The smallest absolute Gasteiger partial charge is 0.0347 e. The Kier molecular flexibility index (Phi) is 10.4. The molecule has 0 saturated heterocycles. The molecular formula is C61H55N. The van der Waals surface area contributed by atoms with Gasteiger partial charge in [0.15, 0.2) is 0 Å². The third-order valence-electron chi connectivity index (χ3n) is 14.0. The van der Waals surface area contributed by atoms with Gasteiger partial charge >= 0.3 is 0 Å². The molecule has 3 atom stereocenters. The third kappa shape index (κ3) is 7.10. The summed E-state index contributed by atoms with van der Waals surface area (Å²) in [6.45, 7) is 9.46. The molecule has 0 radical (unpaired) electrons. The van der Waals surface area contributed by atoms with Crippen LogP contribution >= 0.6 is 0 Å². The molecular weight excluding hydrogens is 747 g/mol. The second-order valence-electron chi connectivity index (χ2n) is 18.2. The predicted molar refractivity (Wildman–Crippen MR) is 266 cm³/mol. The molecule has 0 heterocycles. The Morgan fingerprint density at radius 2 is 1.31 bits per heavy atom. The Morgan fingerprint density at radius 1 is 0.629 bits per heavy atom. The number of hydrogen-bond acceptors (Lipinski definition) is 1. The Morgan fingerprint density at radius 3 is 2.13 bits per heavy atom. The molecule has 1 heteroatoms. The highest BCUT2D eigenvalue weighted by Gasteiger charge is 2.35. The van der Waals surface area contributed by atoms with Gasteiger partial charge in [-0.05, 0) is 137 Å². The summed E-state index contributed by atoms with van der Waals surface area (Å²) in [4.78, 5) is 0. The molecule has 0 fully saturated rings. The fraction of sp³-hybridized carbons (Fsp3) is 0.180. The van der Waals surface area contributed by atoms with Gasteiger partial charge in [0.05, 0.1) is 0 Å². The largest absolute Gasteiger partial charge is 0.399 e. The van der Waals surface area contributed by atoms with E-state index >= 15 is 0 Å². The number of hydrogen-bond donors (Lipinski definition) is 1. The molecule has 2 aliphatic rings. The first kappa shape index (κ1) is 39.4. The molecule has 0 bridgehead atoms. The average Bonchev–Trinajstić information content (AvgIpc) is 3.55. The second kappa shape index (κ2) is 16.3. The van der Waals surface area contributed by atoms with Crippen LogP contribution in [0.4, 0.5) is 0 Å². The zero-order valence-corrected chi connectivity index (χ0v) is 36.4. The van der Waals surface area contributed by atoms with Crippen LogP contribution in [0.3, 0.4) is 0 Å². The average molecular weight is 802 g/mol. The lowest BCUT2D eigenvalue weighted by molar-refractivity contribution is 0.660. The van der Waals surface area contributed by atoms with Gasteiger partial charge < -0.3 is 5.73 Å². The normalized spacial score (nSPS) is 16.5. The van der Waals surface area contributed by atoms with Gasteiger partial charge in [0.1, 0.15) is 0 Å². The minimum Gasteiger partial charge on any atom is -0.399 e. The number of nitrogens with two attached hydrogens (primary N) is 1. The van der Waals surface area contributed by atoms with Crippen molar-refractivity contribution in [2.75, 3.05) is 0 Å². The molecule has 2 aliphatic carbocycles. The van der Waals surface area contributed by atoms with Crippen LogP contribution in [0.1, 0.15) is 103 Å². The molecule has 1 nitrogen and oxygen atoms in total. The summed E-state index contributed by atoms with van der Waals surface area (Å²) in [5.41, 5.74) is 24.7. The fourth-order valence-electron chi connectivity index (χ4n) is 10.6. The molecule has 62 heavy (non-hydrogen) atoms. The van der Waals surface area contributed by atoms with Crippen molar-refractivity contribution >= 4 is 38.9 Å². The van der Waals surface area contributed by atoms with Crippen molar-refractivity contribution in [1.82, 2.24) is 0 Å². The van der Waals surface area contributed by atoms with E-state index in [1.54, 1.807) is 0 Å². The van der Waals surface area contributed by atoms with E-state index < -0.39 is 0 Å². The third-order valence-corrected chi connectivity index (χ3v) is 14.0. The molecule has 2 unspecified atom stereocenters. The van der Waals surface area contributed by atoms with Gasteiger partial charge in [-0.25, -0.2) is 0 Å². The molecule has 0 amide bonds. The van der Waals surface area contributed by atoms with Crippen molar-refractivity contribution in [2.45, 2.75) is 64.2 Å². The molecule has 10 rings (SSSR count). The molecule has 0 aromatic heterocycles. The maximum absolute atomic E-state index is 6.56. The van der Waals surface area contributed by atoms with E-state index in [-0.39, 0.29) is 17.3 Å². The zero-order valence-electron chi connectivity index (χ0n) is 36.4. The molecule has 304 valence electrons. The van der Waals surface area contributed by atoms with Crippen LogP contribution < -0.4 is 5.73 Å². The predicted octanol–water partition coefficient (Wildman–Crippen LogP) is 16.1. The van der Waals surface area contributed by atoms with E-state index in [2.05, 4.69) is 216 Å². The minimum absolute atomic E-state index is 0.0432. The zero-order chi connectivity index (χ0) is 42.4. The van der Waals surface area contributed by atoms with E-state index in [0.717, 1.165) is 30.5 Å². The molecule has 0 spiro atoms. The fourth-order valence-corrected chi connectivity index (χ4v) is 10.6. The van der Waals surface area contributed by atoms with E-state index in [0.29, 0.717) is 5.92 Å². The summed E-state index contributed by atoms with van der Waals surface area (Å²) in [5.74, 6) is 0.831. The van der Waals surface area contributed by atoms with E-state index in [1.165, 1.54) is 88.3 Å². The highest BCUT2D eigenvalue weighted by Crippen LogP contribution is 2.50. The van der Waals surface area contributed by atoms with Crippen LogP contribution in [0, 0.1) is 5.92 Å². The van der Waals surface area contributed by atoms with Gasteiger partial charge in [0.2, 0.25) is 0 Å². The first-order chi connectivity index (χ1) is 30.3. The lowest BCUT2D eigenvalue weighted by Gasteiger charge is -2.27. The van der Waals surface area contributed by atoms with Gasteiger partial charge in [0.25, 0.3) is 0 Å². The summed E-state index contributed by atoms with van der Waals surface area (Å²) in [7, 11) is 0. The summed E-state index contributed by atoms with van der Waals surface area (Å²) in [6, 6.07) is 63.0. The van der Waals surface area contributed by atoms with E-state index in [9.17, 15) is 0 Å². The van der Waals surface area contributed by atoms with Crippen LogP contribution in [0.2, 0.25) is 0 Å². The Bertz CT molecular complexity index is 3050. The van der Waals surface area contributed by atoms with Crippen LogP contribution in [0.5, 0.6) is 0 Å². The van der Waals surface area contributed by atoms with Crippen molar-refractivity contribution in [3.8, 4) is 22.3 Å². The summed E-state index contributed by atoms with van der Waals surface area (Å²) in [6.07, 6.45) is 12.4. The minimum atomic E-state index is -0.0432. The SMILES string of the molecule is CC(/C=C(/c1cccc(C2CC=Cc3c2c2ccc(-c4ccc5c(c4)C(C)(C)c4ccccc4-5)cc2c2ccccc32)c1)[C@H](C)CC/C=C(/N)c1ccccc1)c1ccccc1. The maximum atomic E-state index is 6.56. The van der Waals surface area contributed by atoms with Crippen molar-refractivity contribution in [3.63, 3.8) is 0 Å². The summed E-state index contributed by atoms with van der Waals surface area (Å²) >= 11 is 0. The standard InChI is InChI=1S/C61H55N/c1-40(18-15-31-59(62)43-21-9-6-10-22-43)55(36-41(2)42-19-7-5-8-20-42)47-24-16-23-46(37-47)48-28-17-29-53-49-25-11-12-26-50(49)56-38-44(33-35-54(56)60(48)53)45-32-34-52-51-27-13-14-30-57(51)61(3,4)58(52)39-45/h5-14,16-17,19-27,29-41,48H,15,18,28,62H2,1-4H3/b55-36+,59-31+/t40-,41?,48?/m1/s1. The second-order valence-corrected chi connectivity index (χ2v) is 18.2. The van der Waals surface area contributed by atoms with Crippen molar-refractivity contribution in [2.24, 2.45) is 11.7 Å². The Labute approximate surface area is 368 Å². The van der Waals surface area contributed by atoms with Crippen LogP contribution in [0.15, 0.2) is 188 Å². The Balaban J connectivity index is 1.04. The Hall–Kier alpha value is -6.70. The number of fused-ring (bicyclic) bond motifs is 9. The van der Waals surface area contributed by atoms with Crippen LogP contribution in [0.25, 0.3) is 61.1 Å². The number of rotatable bonds is 10. The topological polar surface area (TPSA) is 26.0 Å². The van der Waals surface area contributed by atoms with E-state index in [1.807, 2.05) is 6.07 Å². The first-order valence-corrected chi connectivity index (χ1v) is 22.5. The monoisotopic (exact) mass is 801 g/mol. The van der Waals surface area contributed by atoms with Crippen LogP contribution in [-0.2, 0) is 5.41 Å². The maximum Gasteiger partial charge on any atom is 0.0347 e. The van der Waals surface area contributed by atoms with Crippen molar-refractivity contribution in [1.29, 1.82) is 0 Å². The lowest BCUT2D eigenvalue weighted by Crippen LogP contribution is -2.14. The molecule has 8 aromatic rings. The highest BCUT2D eigenvalue weighted by atomic mass is 14.6. The van der Waals surface area contributed by atoms with Crippen LogP contribution in [-0.4, -0.2) is 0 Å². The highest BCUT2D eigenvalue weighted by molar-refractivity contribution is 6.14. The molecule has 0 saturated carbocycles. The number of benzene rings is 8. The van der Waals surface area contributed by atoms with Crippen molar-refractivity contribution in [3.05, 3.63) is 233 Å². The lowest BCUT2D eigenvalue weighted by atomic mass is 9.76. The quantitative estimate of drug-likeness (QED) is 0.137. The van der Waals surface area contributed by atoms with Gasteiger partial charge in [-0.15, -0.1) is 0 Å². The van der Waals surface area contributed by atoms with Gasteiger partial charge in [0, 0.05) is 17.0 Å².